The van der Waals surface area contributed by atoms with Crippen LogP contribution < -0.4 is 10.6 Å². The first-order chi connectivity index (χ1) is 12.0. The number of nitrogens with zero attached hydrogens (tertiary/aromatic N) is 3. The number of carbonyl (C=O) groups is 1. The zero-order valence-electron chi connectivity index (χ0n) is 14.2. The first kappa shape index (κ1) is 17.2. The third-order valence-corrected chi connectivity index (χ3v) is 4.08. The number of carbonyl (C=O) groups excluding carboxylic acids is 1. The van der Waals surface area contributed by atoms with Gasteiger partial charge in [0.15, 0.2) is 5.82 Å². The van der Waals surface area contributed by atoms with Crippen molar-refractivity contribution in [1.29, 1.82) is 0 Å². The molecule has 0 saturated carbocycles. The summed E-state index contributed by atoms with van der Waals surface area (Å²) in [5, 5.41) is 7.07. The molecule has 7 nitrogen and oxygen atoms in total. The fraction of sp³-hybridized carbons (Fsp3) is 0.294. The van der Waals surface area contributed by atoms with Crippen molar-refractivity contribution >= 4 is 34.4 Å². The topological polar surface area (TPSA) is 95.6 Å². The largest absolute Gasteiger partial charge is 0.361 e. The van der Waals surface area contributed by atoms with Gasteiger partial charge in [-0.2, -0.15) is 0 Å². The van der Waals surface area contributed by atoms with Crippen molar-refractivity contribution in [3.8, 4) is 11.4 Å². The normalized spacial score (nSPS) is 11.1. The molecule has 0 saturated heterocycles. The van der Waals surface area contributed by atoms with Crippen LogP contribution >= 0.6 is 11.6 Å². The van der Waals surface area contributed by atoms with Crippen LogP contribution in [0.25, 0.3) is 22.4 Å². The summed E-state index contributed by atoms with van der Waals surface area (Å²) in [7, 11) is 1.60. The molecule has 0 fully saturated rings. The minimum Gasteiger partial charge on any atom is -0.361 e. The average Bonchev–Trinajstić information content (AvgIpc) is 3.02. The highest BCUT2D eigenvalue weighted by atomic mass is 35.5. The van der Waals surface area contributed by atoms with Crippen LogP contribution in [0.4, 0.5) is 5.82 Å². The highest BCUT2D eigenvalue weighted by Gasteiger charge is 2.15. The summed E-state index contributed by atoms with van der Waals surface area (Å²) in [5.74, 6) is 1.30. The second kappa shape index (κ2) is 7.06. The fourth-order valence-corrected chi connectivity index (χ4v) is 2.66. The van der Waals surface area contributed by atoms with E-state index in [0.717, 1.165) is 22.2 Å². The predicted octanol–water partition coefficient (Wildman–Crippen LogP) is 2.95. The number of amides is 1. The number of fused-ring (bicyclic) bond motifs is 1. The van der Waals surface area contributed by atoms with Crippen LogP contribution in [-0.2, 0) is 4.79 Å². The molecule has 3 aromatic heterocycles. The summed E-state index contributed by atoms with van der Waals surface area (Å²) in [6.45, 7) is 4.26. The van der Waals surface area contributed by atoms with E-state index in [4.69, 9.17) is 11.6 Å². The number of hydrogen-bond acceptors (Lipinski definition) is 5. The highest BCUT2D eigenvalue weighted by Crippen LogP contribution is 2.29. The molecule has 0 radical (unpaired) electrons. The molecule has 0 spiro atoms. The van der Waals surface area contributed by atoms with Gasteiger partial charge in [0.2, 0.25) is 5.91 Å². The molecule has 130 valence electrons. The Morgan fingerprint density at radius 3 is 2.84 bits per heavy atom. The SMILES string of the molecule is CNC(=O)CNc1nc(-c2c[nH]c3ncc(Cl)cc23)ncc1C(C)C. The quantitative estimate of drug-likeness (QED) is 0.651. The second-order valence-corrected chi connectivity index (χ2v) is 6.37. The van der Waals surface area contributed by atoms with Crippen LogP contribution in [-0.4, -0.2) is 39.4 Å². The zero-order chi connectivity index (χ0) is 18.0. The smallest absolute Gasteiger partial charge is 0.239 e. The van der Waals surface area contributed by atoms with E-state index in [1.54, 1.807) is 25.6 Å². The summed E-state index contributed by atoms with van der Waals surface area (Å²) < 4.78 is 0. The van der Waals surface area contributed by atoms with Crippen LogP contribution in [0, 0.1) is 0 Å². The molecule has 25 heavy (non-hydrogen) atoms. The number of hydrogen-bond donors (Lipinski definition) is 3. The van der Waals surface area contributed by atoms with Gasteiger partial charge in [0, 0.05) is 42.2 Å². The van der Waals surface area contributed by atoms with E-state index in [-0.39, 0.29) is 18.4 Å². The number of likely N-dealkylation sites (N-methyl/N-ethyl adjacent to an activating group) is 1. The number of nitrogens with one attached hydrogen (secondary N) is 3. The third-order valence-electron chi connectivity index (χ3n) is 3.87. The van der Waals surface area contributed by atoms with Crippen molar-refractivity contribution in [3.05, 3.63) is 35.2 Å². The van der Waals surface area contributed by atoms with E-state index in [1.165, 1.54) is 0 Å². The Morgan fingerprint density at radius 1 is 1.32 bits per heavy atom. The minimum absolute atomic E-state index is 0.113. The Bertz CT molecular complexity index is 921. The predicted molar refractivity (Wildman–Crippen MR) is 98.8 cm³/mol. The molecular weight excluding hydrogens is 340 g/mol. The van der Waals surface area contributed by atoms with Crippen molar-refractivity contribution in [3.63, 3.8) is 0 Å². The van der Waals surface area contributed by atoms with Gasteiger partial charge in [-0.05, 0) is 12.0 Å². The Hall–Kier alpha value is -2.67. The van der Waals surface area contributed by atoms with Crippen molar-refractivity contribution in [2.75, 3.05) is 18.9 Å². The average molecular weight is 359 g/mol. The van der Waals surface area contributed by atoms with E-state index in [1.807, 2.05) is 6.07 Å². The molecule has 1 amide bonds. The first-order valence-electron chi connectivity index (χ1n) is 7.94. The molecule has 0 unspecified atom stereocenters. The lowest BCUT2D eigenvalue weighted by Gasteiger charge is -2.14. The lowest BCUT2D eigenvalue weighted by molar-refractivity contribution is -0.118. The van der Waals surface area contributed by atoms with E-state index in [0.29, 0.717) is 16.7 Å². The fourth-order valence-electron chi connectivity index (χ4n) is 2.50. The molecular formula is C17H19ClN6O. The summed E-state index contributed by atoms with van der Waals surface area (Å²) >= 11 is 6.06. The summed E-state index contributed by atoms with van der Waals surface area (Å²) in [4.78, 5) is 28.0. The van der Waals surface area contributed by atoms with Gasteiger partial charge in [-0.25, -0.2) is 15.0 Å². The summed E-state index contributed by atoms with van der Waals surface area (Å²) in [6, 6.07) is 1.83. The Labute approximate surface area is 150 Å². The van der Waals surface area contributed by atoms with Gasteiger partial charge in [0.1, 0.15) is 11.5 Å². The van der Waals surface area contributed by atoms with E-state index in [2.05, 4.69) is 44.4 Å². The standard InChI is InChI=1S/C17H19ClN6O/c1-9(2)12-6-22-17(24-16(12)23-8-14(25)19-3)13-7-21-15-11(13)4-10(18)5-20-15/h4-7,9H,8H2,1-3H3,(H,19,25)(H,20,21)(H,22,23,24). The summed E-state index contributed by atoms with van der Waals surface area (Å²) in [6.07, 6.45) is 5.18. The third kappa shape index (κ3) is 3.56. The van der Waals surface area contributed by atoms with Gasteiger partial charge in [-0.15, -0.1) is 0 Å². The number of pyridine rings is 1. The van der Waals surface area contributed by atoms with Gasteiger partial charge in [0.05, 0.1) is 11.6 Å². The zero-order valence-corrected chi connectivity index (χ0v) is 15.0. The lowest BCUT2D eigenvalue weighted by atomic mass is 10.1. The van der Waals surface area contributed by atoms with Gasteiger partial charge < -0.3 is 15.6 Å². The van der Waals surface area contributed by atoms with Gasteiger partial charge in [-0.3, -0.25) is 4.79 Å². The van der Waals surface area contributed by atoms with E-state index in [9.17, 15) is 4.79 Å². The van der Waals surface area contributed by atoms with Crippen molar-refractivity contribution in [2.24, 2.45) is 0 Å². The van der Waals surface area contributed by atoms with Gasteiger partial charge in [0.25, 0.3) is 0 Å². The van der Waals surface area contributed by atoms with E-state index >= 15 is 0 Å². The van der Waals surface area contributed by atoms with Crippen molar-refractivity contribution in [2.45, 2.75) is 19.8 Å². The Balaban J connectivity index is 2.04. The first-order valence-corrected chi connectivity index (χ1v) is 8.31. The van der Waals surface area contributed by atoms with Crippen molar-refractivity contribution in [1.82, 2.24) is 25.3 Å². The molecule has 0 atom stereocenters. The van der Waals surface area contributed by atoms with Crippen LogP contribution in [0.5, 0.6) is 0 Å². The van der Waals surface area contributed by atoms with Crippen molar-refractivity contribution < 1.29 is 4.79 Å². The number of anilines is 1. The second-order valence-electron chi connectivity index (χ2n) is 5.93. The number of H-pyrrole nitrogens is 1. The van der Waals surface area contributed by atoms with E-state index < -0.39 is 0 Å². The molecule has 3 heterocycles. The van der Waals surface area contributed by atoms with Gasteiger partial charge in [-0.1, -0.05) is 25.4 Å². The number of halogens is 1. The molecule has 8 heteroatoms. The van der Waals surface area contributed by atoms with Gasteiger partial charge >= 0.3 is 0 Å². The Morgan fingerprint density at radius 2 is 2.12 bits per heavy atom. The maximum atomic E-state index is 11.5. The number of rotatable bonds is 5. The molecule has 3 rings (SSSR count). The molecule has 3 aromatic rings. The maximum absolute atomic E-state index is 11.5. The number of aromatic nitrogens is 4. The lowest BCUT2D eigenvalue weighted by Crippen LogP contribution is -2.27. The summed E-state index contributed by atoms with van der Waals surface area (Å²) in [5.41, 5.74) is 2.47. The van der Waals surface area contributed by atoms with Crippen LogP contribution in [0.15, 0.2) is 24.7 Å². The maximum Gasteiger partial charge on any atom is 0.239 e. The van der Waals surface area contributed by atoms with Crippen LogP contribution in [0.3, 0.4) is 0 Å². The van der Waals surface area contributed by atoms with Crippen LogP contribution in [0.1, 0.15) is 25.3 Å². The number of aromatic amines is 1. The highest BCUT2D eigenvalue weighted by molar-refractivity contribution is 6.31. The Kier molecular flexibility index (Phi) is 4.85. The monoisotopic (exact) mass is 358 g/mol. The molecule has 0 aliphatic heterocycles. The molecule has 0 aromatic carbocycles. The molecule has 0 aliphatic rings. The molecule has 0 bridgehead atoms. The molecule has 0 aliphatic carbocycles. The molecule has 3 N–H and O–H groups in total. The minimum atomic E-state index is -0.113. The van der Waals surface area contributed by atoms with Crippen LogP contribution in [0.2, 0.25) is 5.02 Å².